The summed E-state index contributed by atoms with van der Waals surface area (Å²) in [5, 5.41) is 0.626. The van der Waals surface area contributed by atoms with Gasteiger partial charge in [0.15, 0.2) is 0 Å². The van der Waals surface area contributed by atoms with Gasteiger partial charge >= 0.3 is 5.97 Å². The Labute approximate surface area is 107 Å². The molecule has 0 radical (unpaired) electrons. The van der Waals surface area contributed by atoms with Crippen LogP contribution in [0.2, 0.25) is 5.02 Å². The van der Waals surface area contributed by atoms with Crippen LogP contribution in [0.4, 0.5) is 0 Å². The van der Waals surface area contributed by atoms with Gasteiger partial charge in [0.25, 0.3) is 0 Å². The highest BCUT2D eigenvalue weighted by molar-refractivity contribution is 6.30. The molecule has 0 unspecified atom stereocenters. The molecule has 0 N–H and O–H groups in total. The summed E-state index contributed by atoms with van der Waals surface area (Å²) in [6.45, 7) is 3.67. The molecule has 0 aliphatic rings. The summed E-state index contributed by atoms with van der Waals surface area (Å²) >= 11 is 5.94. The van der Waals surface area contributed by atoms with E-state index in [1.807, 2.05) is 19.9 Å². The Bertz CT molecular complexity index is 413. The monoisotopic (exact) mass is 256 g/mol. The van der Waals surface area contributed by atoms with Crippen LogP contribution in [0.5, 0.6) is 5.75 Å². The van der Waals surface area contributed by atoms with Gasteiger partial charge in [-0.25, -0.2) is 0 Å². The van der Waals surface area contributed by atoms with Crippen molar-refractivity contribution in [1.29, 1.82) is 0 Å². The van der Waals surface area contributed by atoms with Gasteiger partial charge in [0, 0.05) is 5.02 Å². The molecule has 1 aromatic carbocycles. The largest absolute Gasteiger partial charge is 0.496 e. The lowest BCUT2D eigenvalue weighted by atomic mass is 9.85. The highest BCUT2D eigenvalue weighted by Crippen LogP contribution is 2.30. The molecule has 0 heterocycles. The van der Waals surface area contributed by atoms with Crippen LogP contribution in [0.15, 0.2) is 18.2 Å². The van der Waals surface area contributed by atoms with E-state index in [0.717, 1.165) is 11.3 Å². The first-order chi connectivity index (χ1) is 7.90. The quantitative estimate of drug-likeness (QED) is 0.777. The Balaban J connectivity index is 3.01. The Hall–Kier alpha value is -1.22. The molecule has 3 nitrogen and oxygen atoms in total. The molecule has 0 saturated carbocycles. The van der Waals surface area contributed by atoms with Crippen LogP contribution in [0.1, 0.15) is 19.4 Å². The highest BCUT2D eigenvalue weighted by Gasteiger charge is 2.30. The molecule has 0 spiro atoms. The number of methoxy groups -OCH3 is 2. The van der Waals surface area contributed by atoms with Gasteiger partial charge < -0.3 is 9.47 Å². The second-order valence-corrected chi connectivity index (χ2v) is 4.94. The zero-order valence-electron chi connectivity index (χ0n) is 10.5. The van der Waals surface area contributed by atoms with Crippen LogP contribution < -0.4 is 4.74 Å². The summed E-state index contributed by atoms with van der Waals surface area (Å²) in [6, 6.07) is 5.37. The number of benzene rings is 1. The summed E-state index contributed by atoms with van der Waals surface area (Å²) in [5.41, 5.74) is 0.294. The SMILES string of the molecule is COC(=O)C(C)(C)Cc1cc(Cl)ccc1OC. The molecule has 0 amide bonds. The van der Waals surface area contributed by atoms with E-state index in [1.54, 1.807) is 19.2 Å². The highest BCUT2D eigenvalue weighted by atomic mass is 35.5. The maximum Gasteiger partial charge on any atom is 0.311 e. The summed E-state index contributed by atoms with van der Waals surface area (Å²) in [6.07, 6.45) is 0.517. The lowest BCUT2D eigenvalue weighted by Gasteiger charge is -2.22. The number of ether oxygens (including phenoxy) is 2. The zero-order valence-corrected chi connectivity index (χ0v) is 11.3. The van der Waals surface area contributed by atoms with Gasteiger partial charge in [-0.1, -0.05) is 11.6 Å². The number of carbonyl (C=O) groups is 1. The fourth-order valence-electron chi connectivity index (χ4n) is 1.71. The first-order valence-electron chi connectivity index (χ1n) is 5.31. The van der Waals surface area contributed by atoms with Crippen molar-refractivity contribution in [2.75, 3.05) is 14.2 Å². The molecule has 0 aliphatic heterocycles. The predicted octanol–water partition coefficient (Wildman–Crippen LogP) is 3.09. The minimum atomic E-state index is -0.604. The molecule has 0 fully saturated rings. The van der Waals surface area contributed by atoms with E-state index in [4.69, 9.17) is 21.1 Å². The van der Waals surface area contributed by atoms with E-state index in [-0.39, 0.29) is 5.97 Å². The van der Waals surface area contributed by atoms with Gasteiger partial charge in [-0.2, -0.15) is 0 Å². The molecule has 0 saturated heterocycles. The minimum Gasteiger partial charge on any atom is -0.496 e. The number of esters is 1. The summed E-state index contributed by atoms with van der Waals surface area (Å²) < 4.78 is 10.0. The molecule has 0 aliphatic carbocycles. The standard InChI is InChI=1S/C13H17ClO3/c1-13(2,12(15)17-4)8-9-7-10(14)5-6-11(9)16-3/h5-7H,8H2,1-4H3. The van der Waals surface area contributed by atoms with Crippen molar-refractivity contribution >= 4 is 17.6 Å². The average Bonchev–Trinajstić information content (AvgIpc) is 2.27. The van der Waals surface area contributed by atoms with E-state index < -0.39 is 5.41 Å². The maximum atomic E-state index is 11.6. The fraction of sp³-hybridized carbons (Fsp3) is 0.462. The normalized spacial score (nSPS) is 11.1. The van der Waals surface area contributed by atoms with Crippen molar-refractivity contribution < 1.29 is 14.3 Å². The lowest BCUT2D eigenvalue weighted by molar-refractivity contribution is -0.150. The van der Waals surface area contributed by atoms with Crippen LogP contribution >= 0.6 is 11.6 Å². The summed E-state index contributed by atoms with van der Waals surface area (Å²) in [4.78, 5) is 11.6. The van der Waals surface area contributed by atoms with Gasteiger partial charge in [0.1, 0.15) is 5.75 Å². The number of rotatable bonds is 4. The first kappa shape index (κ1) is 13.8. The van der Waals surface area contributed by atoms with Gasteiger partial charge in [-0.15, -0.1) is 0 Å². The smallest absolute Gasteiger partial charge is 0.311 e. The summed E-state index contributed by atoms with van der Waals surface area (Å²) in [7, 11) is 2.98. The van der Waals surface area contributed by atoms with Crippen molar-refractivity contribution in [3.05, 3.63) is 28.8 Å². The Morgan fingerprint density at radius 3 is 2.53 bits per heavy atom. The lowest BCUT2D eigenvalue weighted by Crippen LogP contribution is -2.28. The van der Waals surface area contributed by atoms with Crippen LogP contribution in [0, 0.1) is 5.41 Å². The third kappa shape index (κ3) is 3.37. The zero-order chi connectivity index (χ0) is 13.1. The van der Waals surface area contributed by atoms with E-state index in [0.29, 0.717) is 11.4 Å². The Morgan fingerprint density at radius 1 is 1.35 bits per heavy atom. The van der Waals surface area contributed by atoms with Crippen LogP contribution in [0.3, 0.4) is 0 Å². The third-order valence-electron chi connectivity index (χ3n) is 2.61. The molecule has 94 valence electrons. The molecule has 0 aromatic heterocycles. The average molecular weight is 257 g/mol. The van der Waals surface area contributed by atoms with Gasteiger partial charge in [0.05, 0.1) is 19.6 Å². The second-order valence-electron chi connectivity index (χ2n) is 4.51. The molecule has 4 heteroatoms. The molecule has 1 rings (SSSR count). The maximum absolute atomic E-state index is 11.6. The molecular weight excluding hydrogens is 240 g/mol. The van der Waals surface area contributed by atoms with Crippen molar-refractivity contribution in [1.82, 2.24) is 0 Å². The minimum absolute atomic E-state index is 0.250. The number of carbonyl (C=O) groups excluding carboxylic acids is 1. The second kappa shape index (κ2) is 5.41. The molecule has 0 atom stereocenters. The van der Waals surface area contributed by atoms with Crippen LogP contribution in [-0.2, 0) is 16.0 Å². The fourth-order valence-corrected chi connectivity index (χ4v) is 1.90. The molecular formula is C13H17ClO3. The van der Waals surface area contributed by atoms with Crippen LogP contribution in [-0.4, -0.2) is 20.2 Å². The number of hydrogen-bond donors (Lipinski definition) is 0. The van der Waals surface area contributed by atoms with Gasteiger partial charge in [-0.3, -0.25) is 4.79 Å². The van der Waals surface area contributed by atoms with Gasteiger partial charge in [-0.05, 0) is 44.0 Å². The first-order valence-corrected chi connectivity index (χ1v) is 5.69. The van der Waals surface area contributed by atoms with Crippen molar-refractivity contribution in [3.63, 3.8) is 0 Å². The molecule has 1 aromatic rings. The molecule has 17 heavy (non-hydrogen) atoms. The number of hydrogen-bond acceptors (Lipinski definition) is 3. The van der Waals surface area contributed by atoms with Gasteiger partial charge in [0.2, 0.25) is 0 Å². The van der Waals surface area contributed by atoms with Crippen molar-refractivity contribution in [2.45, 2.75) is 20.3 Å². The third-order valence-corrected chi connectivity index (χ3v) is 2.85. The molecule has 0 bridgehead atoms. The summed E-state index contributed by atoms with van der Waals surface area (Å²) in [5.74, 6) is 0.478. The van der Waals surface area contributed by atoms with Crippen molar-refractivity contribution in [3.8, 4) is 5.75 Å². The van der Waals surface area contributed by atoms with E-state index >= 15 is 0 Å². The topological polar surface area (TPSA) is 35.5 Å². The van der Waals surface area contributed by atoms with E-state index in [9.17, 15) is 4.79 Å². The Morgan fingerprint density at radius 2 is 2.00 bits per heavy atom. The van der Waals surface area contributed by atoms with E-state index in [1.165, 1.54) is 7.11 Å². The Kier molecular flexibility index (Phi) is 4.40. The van der Waals surface area contributed by atoms with Crippen molar-refractivity contribution in [2.24, 2.45) is 5.41 Å². The predicted molar refractivity (Wildman–Crippen MR) is 67.5 cm³/mol. The van der Waals surface area contributed by atoms with Crippen LogP contribution in [0.25, 0.3) is 0 Å². The number of halogens is 1. The van der Waals surface area contributed by atoms with E-state index in [2.05, 4.69) is 0 Å².